The van der Waals surface area contributed by atoms with Gasteiger partial charge in [0.2, 0.25) is 0 Å². The first-order valence-corrected chi connectivity index (χ1v) is 8.68. The maximum absolute atomic E-state index is 13.3. The Balaban J connectivity index is 2.03. The Morgan fingerprint density at radius 1 is 1.11 bits per heavy atom. The highest BCUT2D eigenvalue weighted by Gasteiger charge is 2.21. The average Bonchev–Trinajstić information content (AvgIpc) is 2.98. The number of carbonyl (C=O) groups excluding carboxylic acids is 2. The number of benzene rings is 1. The van der Waals surface area contributed by atoms with E-state index >= 15 is 0 Å². The summed E-state index contributed by atoms with van der Waals surface area (Å²) >= 11 is 0. The molecule has 2 heterocycles. The fourth-order valence-electron chi connectivity index (χ4n) is 2.70. The molecule has 2 aromatic heterocycles. The summed E-state index contributed by atoms with van der Waals surface area (Å²) in [6.45, 7) is 5.32. The van der Waals surface area contributed by atoms with Crippen LogP contribution in [-0.4, -0.2) is 34.3 Å². The Kier molecular flexibility index (Phi) is 5.04. The van der Waals surface area contributed by atoms with Crippen molar-refractivity contribution in [2.45, 2.75) is 26.4 Å². The first-order chi connectivity index (χ1) is 13.2. The minimum atomic E-state index is -0.623. The third kappa shape index (κ3) is 4.11. The highest BCUT2D eigenvalue weighted by molar-refractivity contribution is 6.06. The maximum atomic E-state index is 13.3. The highest BCUT2D eigenvalue weighted by atomic mass is 19.1. The van der Waals surface area contributed by atoms with Crippen molar-refractivity contribution >= 4 is 23.2 Å². The molecule has 8 heteroatoms. The first-order valence-electron chi connectivity index (χ1n) is 8.68. The molecular weight excluding hydrogens is 363 g/mol. The van der Waals surface area contributed by atoms with Gasteiger partial charge < -0.3 is 10.1 Å². The van der Waals surface area contributed by atoms with Crippen LogP contribution in [0.4, 0.5) is 14.9 Å². The minimum absolute atomic E-state index is 0.317. The lowest BCUT2D eigenvalue weighted by atomic mass is 10.1. The predicted octanol–water partition coefficient (Wildman–Crippen LogP) is 3.85. The predicted molar refractivity (Wildman–Crippen MR) is 104 cm³/mol. The van der Waals surface area contributed by atoms with E-state index in [0.29, 0.717) is 28.0 Å². The summed E-state index contributed by atoms with van der Waals surface area (Å²) < 4.78 is 20.0. The summed E-state index contributed by atoms with van der Waals surface area (Å²) in [5.74, 6) is -0.694. The molecule has 0 aliphatic rings. The molecule has 0 atom stereocenters. The number of ether oxygens (including phenoxy) is 1. The largest absolute Gasteiger partial charge is 0.444 e. The second-order valence-electron chi connectivity index (χ2n) is 7.18. The van der Waals surface area contributed by atoms with E-state index in [4.69, 9.17) is 4.74 Å². The molecule has 7 nitrogen and oxygen atoms in total. The number of anilines is 1. The van der Waals surface area contributed by atoms with Crippen LogP contribution in [0.15, 0.2) is 42.6 Å². The number of nitrogens with one attached hydrogen (secondary N) is 2. The summed E-state index contributed by atoms with van der Waals surface area (Å²) in [5, 5.41) is 9.70. The molecule has 3 rings (SSSR count). The fourth-order valence-corrected chi connectivity index (χ4v) is 2.70. The molecule has 146 valence electrons. The van der Waals surface area contributed by atoms with Crippen molar-refractivity contribution < 1.29 is 18.7 Å². The number of hydrogen-bond donors (Lipinski definition) is 2. The van der Waals surface area contributed by atoms with Gasteiger partial charge >= 0.3 is 6.09 Å². The second kappa shape index (κ2) is 7.30. The molecule has 0 saturated carbocycles. The maximum Gasteiger partial charge on any atom is 0.412 e. The molecule has 0 radical (unpaired) electrons. The van der Waals surface area contributed by atoms with E-state index in [9.17, 15) is 14.0 Å². The monoisotopic (exact) mass is 384 g/mol. The Hall–Kier alpha value is -3.42. The summed E-state index contributed by atoms with van der Waals surface area (Å²) in [6.07, 6.45) is 0.989. The smallest absolute Gasteiger partial charge is 0.412 e. The molecule has 1 aromatic carbocycles. The van der Waals surface area contributed by atoms with Crippen LogP contribution in [0.25, 0.3) is 16.8 Å². The number of halogens is 1. The number of carbonyl (C=O) groups is 2. The van der Waals surface area contributed by atoms with Gasteiger partial charge in [-0.1, -0.05) is 0 Å². The second-order valence-corrected chi connectivity index (χ2v) is 7.18. The zero-order valence-corrected chi connectivity index (χ0v) is 16.0. The normalized spacial score (nSPS) is 11.3. The quantitative estimate of drug-likeness (QED) is 0.718. The zero-order chi connectivity index (χ0) is 20.5. The summed E-state index contributed by atoms with van der Waals surface area (Å²) in [6, 6.07) is 9.07. The van der Waals surface area contributed by atoms with Crippen LogP contribution in [0, 0.1) is 5.82 Å². The van der Waals surface area contributed by atoms with Crippen molar-refractivity contribution in [2.75, 3.05) is 12.4 Å². The lowest BCUT2D eigenvalue weighted by Gasteiger charge is -2.19. The zero-order valence-electron chi connectivity index (χ0n) is 16.0. The topological polar surface area (TPSA) is 84.7 Å². The van der Waals surface area contributed by atoms with Gasteiger partial charge in [0.05, 0.1) is 23.0 Å². The fraction of sp³-hybridized carbons (Fsp3) is 0.250. The van der Waals surface area contributed by atoms with Gasteiger partial charge in [0.15, 0.2) is 0 Å². The van der Waals surface area contributed by atoms with E-state index in [2.05, 4.69) is 15.7 Å². The molecule has 0 saturated heterocycles. The number of fused-ring (bicyclic) bond motifs is 1. The molecule has 2 amide bonds. The number of aromatic nitrogens is 2. The number of pyridine rings is 1. The molecule has 0 aliphatic heterocycles. The molecule has 0 spiro atoms. The van der Waals surface area contributed by atoms with Crippen LogP contribution >= 0.6 is 0 Å². The first kappa shape index (κ1) is 19.3. The lowest BCUT2D eigenvalue weighted by Crippen LogP contribution is -2.27. The molecule has 3 aromatic rings. The van der Waals surface area contributed by atoms with E-state index in [1.807, 2.05) is 0 Å². The average molecular weight is 384 g/mol. The van der Waals surface area contributed by atoms with Gasteiger partial charge in [-0.2, -0.15) is 5.10 Å². The van der Waals surface area contributed by atoms with Crippen LogP contribution in [0.5, 0.6) is 0 Å². The summed E-state index contributed by atoms with van der Waals surface area (Å²) in [5.41, 5.74) is 1.76. The Morgan fingerprint density at radius 2 is 1.79 bits per heavy atom. The van der Waals surface area contributed by atoms with Crippen LogP contribution in [0.3, 0.4) is 0 Å². The van der Waals surface area contributed by atoms with Gasteiger partial charge in [-0.3, -0.25) is 10.1 Å². The Morgan fingerprint density at radius 3 is 2.39 bits per heavy atom. The molecule has 2 N–H and O–H groups in total. The van der Waals surface area contributed by atoms with Gasteiger partial charge in [0.1, 0.15) is 17.1 Å². The van der Waals surface area contributed by atoms with E-state index in [1.165, 1.54) is 23.7 Å². The van der Waals surface area contributed by atoms with Crippen molar-refractivity contribution in [2.24, 2.45) is 0 Å². The van der Waals surface area contributed by atoms with E-state index < -0.39 is 11.7 Å². The molecular formula is C20H21FN4O3. The summed E-state index contributed by atoms with van der Waals surface area (Å²) in [7, 11) is 1.53. The van der Waals surface area contributed by atoms with Gasteiger partial charge in [0, 0.05) is 12.6 Å². The Labute approximate surface area is 161 Å². The van der Waals surface area contributed by atoms with Crippen molar-refractivity contribution in [1.29, 1.82) is 0 Å². The Bertz CT molecular complexity index is 1040. The van der Waals surface area contributed by atoms with Gasteiger partial charge in [0.25, 0.3) is 5.91 Å². The molecule has 0 fully saturated rings. The number of hydrogen-bond acceptors (Lipinski definition) is 4. The number of nitrogens with zero attached hydrogens (tertiary/aromatic N) is 2. The van der Waals surface area contributed by atoms with Crippen LogP contribution in [0.2, 0.25) is 0 Å². The number of amides is 2. The molecule has 0 aliphatic carbocycles. The molecule has 28 heavy (non-hydrogen) atoms. The molecule has 0 bridgehead atoms. The summed E-state index contributed by atoms with van der Waals surface area (Å²) in [4.78, 5) is 24.4. The minimum Gasteiger partial charge on any atom is -0.444 e. The third-order valence-corrected chi connectivity index (χ3v) is 3.85. The number of rotatable bonds is 3. The van der Waals surface area contributed by atoms with Crippen LogP contribution in [0.1, 0.15) is 31.1 Å². The van der Waals surface area contributed by atoms with E-state index in [-0.39, 0.29) is 11.7 Å². The van der Waals surface area contributed by atoms with E-state index in [1.54, 1.807) is 51.2 Å². The van der Waals surface area contributed by atoms with Crippen molar-refractivity contribution in [3.8, 4) is 11.3 Å². The van der Waals surface area contributed by atoms with Crippen LogP contribution < -0.4 is 10.6 Å². The lowest BCUT2D eigenvalue weighted by molar-refractivity contribution is 0.0635. The van der Waals surface area contributed by atoms with E-state index in [0.717, 1.165) is 0 Å². The third-order valence-electron chi connectivity index (χ3n) is 3.85. The van der Waals surface area contributed by atoms with Crippen molar-refractivity contribution in [1.82, 2.24) is 14.9 Å². The van der Waals surface area contributed by atoms with Crippen molar-refractivity contribution in [3.05, 3.63) is 54.0 Å². The molecule has 0 unspecified atom stereocenters. The van der Waals surface area contributed by atoms with Crippen molar-refractivity contribution in [3.63, 3.8) is 0 Å². The SMILES string of the molecule is CNC(=O)c1c(-c2ccc(F)cc2)nn2cc(NC(=O)OC(C)(C)C)ccc12. The van der Waals surface area contributed by atoms with Gasteiger partial charge in [-0.15, -0.1) is 0 Å². The van der Waals surface area contributed by atoms with Gasteiger partial charge in [-0.25, -0.2) is 13.7 Å². The highest BCUT2D eigenvalue weighted by Crippen LogP contribution is 2.27. The van der Waals surface area contributed by atoms with Crippen LogP contribution in [-0.2, 0) is 4.74 Å². The van der Waals surface area contributed by atoms with Gasteiger partial charge in [-0.05, 0) is 57.2 Å². The standard InChI is InChI=1S/C20H21FN4O3/c1-20(2,3)28-19(27)23-14-9-10-15-16(18(26)22-4)17(24-25(15)11-14)12-5-7-13(21)8-6-12/h5-11H,1-4H3,(H,22,26)(H,23,27).